The maximum absolute atomic E-state index is 6.25. The summed E-state index contributed by atoms with van der Waals surface area (Å²) in [5, 5.41) is 37.5. The van der Waals surface area contributed by atoms with Gasteiger partial charge >= 0.3 is 154 Å². The molecule has 16 heavy (non-hydrogen) atoms. The molecule has 0 bridgehead atoms. The molecule has 6 nitrogen and oxygen atoms in total. The summed E-state index contributed by atoms with van der Waals surface area (Å²) in [6.45, 7) is 28.5. The molecule has 0 amide bonds. The molecule has 62 valence electrons. The van der Waals surface area contributed by atoms with E-state index in [0.29, 0.717) is 0 Å². The van der Waals surface area contributed by atoms with E-state index < -0.39 is 0 Å². The molecule has 0 fully saturated rings. The van der Waals surface area contributed by atoms with Crippen molar-refractivity contribution >= 4 is 0 Å². The zero-order chi connectivity index (χ0) is 12.0. The molecule has 0 rings (SSSR count). The van der Waals surface area contributed by atoms with Crippen molar-refractivity contribution in [1.29, 1.82) is 31.6 Å². The third kappa shape index (κ3) is 689. The minimum absolute atomic E-state index is 0. The van der Waals surface area contributed by atoms with Gasteiger partial charge in [-0.1, -0.05) is 0 Å². The Labute approximate surface area is 235 Å². The predicted octanol–water partition coefficient (Wildman–Crippen LogP) is -8.41. The number of rotatable bonds is 0. The number of nitrogens with zero attached hydrogens (tertiary/aromatic N) is 6. The van der Waals surface area contributed by atoms with Crippen molar-refractivity contribution in [2.24, 2.45) is 0 Å². The Bertz CT molecular complexity index is 103. The van der Waals surface area contributed by atoms with E-state index in [0.717, 1.165) is 0 Å². The van der Waals surface area contributed by atoms with E-state index in [1.165, 1.54) is 0 Å². The monoisotopic (exact) mass is 329 g/mol. The standard InChI is InChI=1S/6CN.Fe.3K/c6*1-2;;;;/q;;;;;;;3*+1. The van der Waals surface area contributed by atoms with Crippen LogP contribution in [0.25, 0.3) is 0 Å². The van der Waals surface area contributed by atoms with Crippen molar-refractivity contribution in [2.45, 2.75) is 0 Å². The summed E-state index contributed by atoms with van der Waals surface area (Å²) in [5.74, 6) is 0. The van der Waals surface area contributed by atoms with Crippen LogP contribution in [0.1, 0.15) is 0 Å². The molecule has 0 aromatic heterocycles. The maximum Gasteiger partial charge on any atom is 1.00 e. The molecule has 0 aromatic rings. The van der Waals surface area contributed by atoms with Gasteiger partial charge in [-0.05, 0) is 0 Å². The van der Waals surface area contributed by atoms with Gasteiger partial charge in [0, 0.05) is 17.1 Å². The molecule has 0 saturated carbocycles. The summed E-state index contributed by atoms with van der Waals surface area (Å²) >= 11 is 0. The van der Waals surface area contributed by atoms with E-state index >= 15 is 0 Å². The summed E-state index contributed by atoms with van der Waals surface area (Å²) in [7, 11) is 0. The summed E-state index contributed by atoms with van der Waals surface area (Å²) < 4.78 is 0. The molecule has 0 aliphatic rings. The van der Waals surface area contributed by atoms with Crippen LogP contribution in [-0.2, 0) is 17.1 Å². The van der Waals surface area contributed by atoms with Gasteiger partial charge in [-0.25, -0.2) is 0 Å². The van der Waals surface area contributed by atoms with Crippen molar-refractivity contribution < 1.29 is 171 Å². The Balaban J connectivity index is -0.00000000321. The van der Waals surface area contributed by atoms with Gasteiger partial charge in [-0.3, -0.25) is 0 Å². The zero-order valence-electron chi connectivity index (χ0n) is 9.04. The van der Waals surface area contributed by atoms with Crippen LogP contribution in [0.5, 0.6) is 0 Å². The largest absolute Gasteiger partial charge is 1.00 e. The second kappa shape index (κ2) is 829. The first-order chi connectivity index (χ1) is 6.00. The Kier molecular flexibility index (Phi) is 4100. The quantitative estimate of drug-likeness (QED) is 0.404. The van der Waals surface area contributed by atoms with Crippen LogP contribution >= 0.6 is 0 Å². The minimum atomic E-state index is 0. The van der Waals surface area contributed by atoms with Crippen molar-refractivity contribution in [1.82, 2.24) is 0 Å². The second-order valence-electron chi connectivity index (χ2n) is 0. The van der Waals surface area contributed by atoms with E-state index in [1.807, 2.05) is 0 Å². The van der Waals surface area contributed by atoms with Crippen LogP contribution in [0.2, 0.25) is 0 Å². The average Bonchev–Trinajstić information content (AvgIpc) is 2.33. The van der Waals surface area contributed by atoms with Crippen LogP contribution < -0.4 is 154 Å². The SMILES string of the molecule is [C]#N.[C]#N.[C]#N.[C]#N.[C]#N.[C]#N.[Fe].[K+].[K+].[K+]. The van der Waals surface area contributed by atoms with E-state index in [4.69, 9.17) is 71.0 Å². The molecule has 0 saturated heterocycles. The van der Waals surface area contributed by atoms with Crippen LogP contribution in [0.15, 0.2) is 0 Å². The third-order valence-electron chi connectivity index (χ3n) is 0. The fourth-order valence-electron chi connectivity index (χ4n) is 0. The van der Waals surface area contributed by atoms with Gasteiger partial charge < -0.3 is 0 Å². The second-order valence-corrected chi connectivity index (χ2v) is 0. The van der Waals surface area contributed by atoms with Gasteiger partial charge in [0.05, 0.1) is 0 Å². The molecule has 10 heteroatoms. The molecule has 0 unspecified atom stereocenters. The smallest absolute Gasteiger partial charge is 0.181 e. The van der Waals surface area contributed by atoms with E-state index in [1.54, 1.807) is 0 Å². The molecule has 0 aromatic carbocycles. The first-order valence-corrected chi connectivity index (χ1v) is 1.34. The van der Waals surface area contributed by atoms with Gasteiger partial charge in [0.1, 0.15) is 0 Å². The van der Waals surface area contributed by atoms with Crippen LogP contribution in [0.4, 0.5) is 0 Å². The van der Waals surface area contributed by atoms with Crippen LogP contribution in [0, 0.1) is 71.0 Å². The Morgan fingerprint density at radius 3 is 0.312 bits per heavy atom. The molecule has 0 N–H and O–H groups in total. The maximum atomic E-state index is 6.25. The number of hydrogen-bond donors (Lipinski definition) is 0. The molecule has 6 radical (unpaired) electrons. The summed E-state index contributed by atoms with van der Waals surface area (Å²) in [6.07, 6.45) is 0. The van der Waals surface area contributed by atoms with Crippen molar-refractivity contribution in [3.63, 3.8) is 0 Å². The summed E-state index contributed by atoms with van der Waals surface area (Å²) in [6, 6.07) is 0. The van der Waals surface area contributed by atoms with Crippen molar-refractivity contribution in [3.05, 3.63) is 39.4 Å². The Morgan fingerprint density at radius 2 is 0.312 bits per heavy atom. The van der Waals surface area contributed by atoms with Crippen molar-refractivity contribution in [2.75, 3.05) is 0 Å². The fourth-order valence-corrected chi connectivity index (χ4v) is 0. The van der Waals surface area contributed by atoms with Crippen molar-refractivity contribution in [3.8, 4) is 0 Å². The molecule has 0 aliphatic carbocycles. The van der Waals surface area contributed by atoms with Gasteiger partial charge in [0.25, 0.3) is 0 Å². The fraction of sp³-hybridized carbons (Fsp3) is 0. The minimum Gasteiger partial charge on any atom is -0.181 e. The summed E-state index contributed by atoms with van der Waals surface area (Å²) in [4.78, 5) is 0. The first kappa shape index (κ1) is 79.1. The van der Waals surface area contributed by atoms with E-state index in [-0.39, 0.29) is 171 Å². The van der Waals surface area contributed by atoms with Gasteiger partial charge in [-0.2, -0.15) is 31.6 Å². The van der Waals surface area contributed by atoms with Crippen LogP contribution in [0.3, 0.4) is 0 Å². The van der Waals surface area contributed by atoms with Gasteiger partial charge in [0.15, 0.2) is 39.4 Å². The summed E-state index contributed by atoms with van der Waals surface area (Å²) in [5.41, 5.74) is 0. The molecular weight excluding hydrogens is 329 g/mol. The number of hydrogen-bond acceptors (Lipinski definition) is 6. The molecule has 0 heterocycles. The molecule has 0 spiro atoms. The molecular formula is C6FeK3N6+3. The molecule has 0 atom stereocenters. The molecule has 0 aliphatic heterocycles. The van der Waals surface area contributed by atoms with E-state index in [9.17, 15) is 0 Å². The topological polar surface area (TPSA) is 143 Å². The Morgan fingerprint density at radius 1 is 0.312 bits per heavy atom. The van der Waals surface area contributed by atoms with Crippen LogP contribution in [-0.4, -0.2) is 0 Å². The van der Waals surface area contributed by atoms with Gasteiger partial charge in [-0.15, -0.1) is 0 Å². The average molecular weight is 329 g/mol. The normalized spacial score (nSPS) is 0.750. The predicted molar refractivity (Wildman–Crippen MR) is 29.8 cm³/mol. The van der Waals surface area contributed by atoms with E-state index in [2.05, 4.69) is 0 Å². The zero-order valence-corrected chi connectivity index (χ0v) is 19.5. The third-order valence-corrected chi connectivity index (χ3v) is 0. The van der Waals surface area contributed by atoms with Gasteiger partial charge in [0.2, 0.25) is 0 Å². The Hall–Kier alpha value is 2.37. The first-order valence-electron chi connectivity index (χ1n) is 1.34.